The van der Waals surface area contributed by atoms with Crippen molar-refractivity contribution in [2.75, 3.05) is 39.5 Å². The molecule has 0 N–H and O–H groups in total. The third kappa shape index (κ3) is 14.7. The van der Waals surface area contributed by atoms with Crippen molar-refractivity contribution >= 4 is 14.4 Å². The monoisotopic (exact) mass is 497 g/mol. The van der Waals surface area contributed by atoms with Gasteiger partial charge in [-0.25, -0.2) is 25.2 Å². The van der Waals surface area contributed by atoms with E-state index in [-0.39, 0.29) is 6.04 Å². The molecule has 2 fully saturated rings. The molecule has 1 atom stereocenters. The molecule has 10 nitrogen and oxygen atoms in total. The molecule has 35 heavy (non-hydrogen) atoms. The molecule has 4 rings (SSSR count). The van der Waals surface area contributed by atoms with Crippen LogP contribution in [0.15, 0.2) is 37.4 Å². The molecule has 2 aliphatic rings. The Morgan fingerprint density at radius 1 is 0.886 bits per heavy atom. The second-order valence-electron chi connectivity index (χ2n) is 8.68. The summed E-state index contributed by atoms with van der Waals surface area (Å²) >= 11 is 0. The van der Waals surface area contributed by atoms with Crippen LogP contribution in [0.2, 0.25) is 19.6 Å². The maximum atomic E-state index is 9.93. The van der Waals surface area contributed by atoms with Crippen LogP contribution in [0.1, 0.15) is 41.2 Å². The summed E-state index contributed by atoms with van der Waals surface area (Å²) < 4.78 is 10.3. The zero-order valence-corrected chi connectivity index (χ0v) is 21.8. The highest BCUT2D eigenvalue weighted by Crippen LogP contribution is 2.19. The average Bonchev–Trinajstić information content (AvgIpc) is 2.92. The van der Waals surface area contributed by atoms with Crippen LogP contribution in [0, 0.1) is 22.3 Å². The Balaban J connectivity index is 0.000000258. The standard InChI is InChI=1S/C10H12N4O.C5H4N2O.C5H10O.C4H9NSi/c11-5-10(9-6-12-8-13-7-9)14-1-3-15-4-2-14;8-3-5-1-6-4-7-2-5;1-2-4-6-5-3-1;1-6(2,3)4-5/h6-8,10H,1-4H2;1-4H;1-5H2;1-3H3. The summed E-state index contributed by atoms with van der Waals surface area (Å²) in [5.41, 5.74) is 3.60. The molecule has 4 heterocycles. The largest absolute Gasteiger partial charge is 0.381 e. The number of aldehydes is 1. The molecule has 0 aromatic carbocycles. The summed E-state index contributed by atoms with van der Waals surface area (Å²) in [5, 5.41) is 17.4. The number of ether oxygens (including phenoxy) is 2. The Morgan fingerprint density at radius 2 is 1.37 bits per heavy atom. The van der Waals surface area contributed by atoms with Crippen molar-refractivity contribution in [2.45, 2.75) is 44.9 Å². The van der Waals surface area contributed by atoms with Crippen molar-refractivity contribution < 1.29 is 14.3 Å². The smallest absolute Gasteiger partial charge is 0.164 e. The van der Waals surface area contributed by atoms with E-state index >= 15 is 0 Å². The van der Waals surface area contributed by atoms with E-state index in [2.05, 4.69) is 36.6 Å². The first-order valence-corrected chi connectivity index (χ1v) is 15.1. The first kappa shape index (κ1) is 29.9. The Kier molecular flexibility index (Phi) is 15.6. The number of carbonyl (C=O) groups is 1. The fraction of sp³-hybridized carbons (Fsp3) is 0.542. The number of aromatic nitrogens is 4. The Hall–Kier alpha value is -3.09. The van der Waals surface area contributed by atoms with Crippen LogP contribution < -0.4 is 0 Å². The number of nitriles is 2. The van der Waals surface area contributed by atoms with Crippen molar-refractivity contribution in [2.24, 2.45) is 0 Å². The molecule has 0 radical (unpaired) electrons. The maximum Gasteiger partial charge on any atom is 0.164 e. The second kappa shape index (κ2) is 18.3. The lowest BCUT2D eigenvalue weighted by Gasteiger charge is -2.30. The number of nitrogens with zero attached hydrogens (tertiary/aromatic N) is 7. The van der Waals surface area contributed by atoms with Crippen LogP contribution >= 0.6 is 0 Å². The number of rotatable bonds is 3. The van der Waals surface area contributed by atoms with Crippen molar-refractivity contribution in [1.29, 1.82) is 10.5 Å². The van der Waals surface area contributed by atoms with Crippen molar-refractivity contribution in [3.05, 3.63) is 48.6 Å². The lowest BCUT2D eigenvalue weighted by molar-refractivity contribution is 0.0265. The van der Waals surface area contributed by atoms with Crippen molar-refractivity contribution in [1.82, 2.24) is 24.8 Å². The van der Waals surface area contributed by atoms with Gasteiger partial charge in [-0.1, -0.05) is 19.6 Å². The first-order valence-electron chi connectivity index (χ1n) is 11.6. The summed E-state index contributed by atoms with van der Waals surface area (Å²) in [7, 11) is -1.33. The van der Waals surface area contributed by atoms with E-state index < -0.39 is 8.07 Å². The molecule has 2 aromatic heterocycles. The van der Waals surface area contributed by atoms with Gasteiger partial charge in [0.05, 0.1) is 24.8 Å². The maximum absolute atomic E-state index is 9.93. The minimum absolute atomic E-state index is 0.255. The Bertz CT molecular complexity index is 878. The summed E-state index contributed by atoms with van der Waals surface area (Å²) in [4.78, 5) is 27.1. The normalized spacial score (nSPS) is 16.1. The predicted molar refractivity (Wildman–Crippen MR) is 134 cm³/mol. The van der Waals surface area contributed by atoms with Crippen LogP contribution in [-0.4, -0.2) is 78.7 Å². The molecule has 0 amide bonds. The van der Waals surface area contributed by atoms with Gasteiger partial charge in [-0.2, -0.15) is 5.26 Å². The van der Waals surface area contributed by atoms with Crippen LogP contribution in [0.3, 0.4) is 0 Å². The van der Waals surface area contributed by atoms with Crippen LogP contribution in [0.4, 0.5) is 0 Å². The van der Waals surface area contributed by atoms with Gasteiger partial charge in [0.2, 0.25) is 0 Å². The van der Waals surface area contributed by atoms with Crippen LogP contribution in [-0.2, 0) is 9.47 Å². The van der Waals surface area contributed by atoms with Gasteiger partial charge in [-0.05, 0) is 19.3 Å². The minimum atomic E-state index is -1.33. The molecule has 0 aliphatic carbocycles. The van der Waals surface area contributed by atoms with Crippen molar-refractivity contribution in [3.63, 3.8) is 0 Å². The number of morpholine rings is 1. The van der Waals surface area contributed by atoms with E-state index in [4.69, 9.17) is 20.0 Å². The lowest BCUT2D eigenvalue weighted by Crippen LogP contribution is -2.38. The first-order chi connectivity index (χ1) is 16.9. The second-order valence-corrected chi connectivity index (χ2v) is 13.4. The van der Waals surface area contributed by atoms with E-state index in [1.165, 1.54) is 44.3 Å². The molecule has 0 bridgehead atoms. The third-order valence-electron chi connectivity index (χ3n) is 4.56. The summed E-state index contributed by atoms with van der Waals surface area (Å²) in [5.74, 6) is 0. The summed E-state index contributed by atoms with van der Waals surface area (Å²) in [6, 6.07) is 2.02. The molecule has 188 valence electrons. The molecular formula is C24H35N7O3Si. The van der Waals surface area contributed by atoms with E-state index in [9.17, 15) is 4.79 Å². The van der Waals surface area contributed by atoms with E-state index in [0.29, 0.717) is 25.1 Å². The zero-order valence-electron chi connectivity index (χ0n) is 20.8. The van der Waals surface area contributed by atoms with Gasteiger partial charge in [-0.15, -0.1) is 0 Å². The molecule has 2 aliphatic heterocycles. The Labute approximate surface area is 209 Å². The number of hydrogen-bond acceptors (Lipinski definition) is 10. The van der Waals surface area contributed by atoms with Gasteiger partial charge in [0.25, 0.3) is 0 Å². The molecule has 2 aromatic rings. The quantitative estimate of drug-likeness (QED) is 0.459. The zero-order chi connectivity index (χ0) is 25.8. The van der Waals surface area contributed by atoms with E-state index in [1.807, 2.05) is 19.6 Å². The highest BCUT2D eigenvalue weighted by Gasteiger charge is 2.22. The molecule has 0 spiro atoms. The summed E-state index contributed by atoms with van der Waals surface area (Å²) in [6.07, 6.45) is 13.8. The highest BCUT2D eigenvalue weighted by atomic mass is 28.3. The SMILES string of the molecule is C1CCOCC1.C[Si](C)(C)C#N.N#CC(c1cncnc1)N1CCOCC1.O=Cc1cncnc1. The third-order valence-corrected chi connectivity index (χ3v) is 5.23. The topological polar surface area (TPSA) is 138 Å². The molecule has 0 saturated carbocycles. The van der Waals surface area contributed by atoms with E-state index in [0.717, 1.165) is 31.9 Å². The number of carbonyl (C=O) groups excluding carboxylic acids is 1. The number of hydrogen-bond donors (Lipinski definition) is 0. The van der Waals surface area contributed by atoms with Gasteiger partial charge >= 0.3 is 0 Å². The highest BCUT2D eigenvalue weighted by molar-refractivity contribution is 6.83. The molecular weight excluding hydrogens is 462 g/mol. The molecule has 2 saturated heterocycles. The lowest BCUT2D eigenvalue weighted by atomic mass is 10.1. The Morgan fingerprint density at radius 3 is 1.71 bits per heavy atom. The molecule has 11 heteroatoms. The minimum Gasteiger partial charge on any atom is -0.381 e. The van der Waals surface area contributed by atoms with Gasteiger partial charge in [-0.3, -0.25) is 9.69 Å². The van der Waals surface area contributed by atoms with Crippen LogP contribution in [0.25, 0.3) is 0 Å². The van der Waals surface area contributed by atoms with Gasteiger partial charge in [0.1, 0.15) is 18.7 Å². The van der Waals surface area contributed by atoms with Crippen LogP contribution in [0.5, 0.6) is 0 Å². The average molecular weight is 498 g/mol. The predicted octanol–water partition coefficient (Wildman–Crippen LogP) is 3.24. The van der Waals surface area contributed by atoms with Crippen molar-refractivity contribution in [3.8, 4) is 11.8 Å². The van der Waals surface area contributed by atoms with Gasteiger partial charge < -0.3 is 9.47 Å². The fourth-order valence-corrected chi connectivity index (χ4v) is 2.71. The van der Waals surface area contributed by atoms with Gasteiger partial charge in [0, 0.05) is 62.3 Å². The van der Waals surface area contributed by atoms with Gasteiger partial charge in [0.15, 0.2) is 14.4 Å². The fourth-order valence-electron chi connectivity index (χ4n) is 2.71. The molecule has 1 unspecified atom stereocenters. The van der Waals surface area contributed by atoms with E-state index in [1.54, 1.807) is 12.4 Å². The summed E-state index contributed by atoms with van der Waals surface area (Å²) in [6.45, 7) is 11.0.